The van der Waals surface area contributed by atoms with E-state index in [2.05, 4.69) is 25.0 Å². The SMILES string of the molecule is O=C(NCc1nnc2n1CCCC2)N(CC1CC1)C1CCCCC1. The second kappa shape index (κ2) is 7.11. The van der Waals surface area contributed by atoms with E-state index in [0.717, 1.165) is 37.1 Å². The Morgan fingerprint density at radius 3 is 2.71 bits per heavy atom. The highest BCUT2D eigenvalue weighted by molar-refractivity contribution is 5.74. The van der Waals surface area contributed by atoms with Gasteiger partial charge in [0.2, 0.25) is 0 Å². The van der Waals surface area contributed by atoms with Crippen LogP contribution in [0.5, 0.6) is 0 Å². The Morgan fingerprint density at radius 1 is 1.08 bits per heavy atom. The molecule has 1 aliphatic heterocycles. The van der Waals surface area contributed by atoms with Crippen LogP contribution in [0.1, 0.15) is 69.4 Å². The van der Waals surface area contributed by atoms with Crippen molar-refractivity contribution >= 4 is 6.03 Å². The summed E-state index contributed by atoms with van der Waals surface area (Å²) in [6.07, 6.45) is 12.1. The van der Waals surface area contributed by atoms with Gasteiger partial charge in [-0.2, -0.15) is 0 Å². The number of aromatic nitrogens is 3. The Labute approximate surface area is 144 Å². The second-order valence-corrected chi connectivity index (χ2v) is 7.69. The molecule has 3 aliphatic rings. The van der Waals surface area contributed by atoms with Crippen molar-refractivity contribution in [1.29, 1.82) is 0 Å². The smallest absolute Gasteiger partial charge is 0.318 e. The van der Waals surface area contributed by atoms with Gasteiger partial charge in [-0.15, -0.1) is 10.2 Å². The molecule has 0 unspecified atom stereocenters. The van der Waals surface area contributed by atoms with Crippen LogP contribution < -0.4 is 5.32 Å². The summed E-state index contributed by atoms with van der Waals surface area (Å²) >= 11 is 0. The third-order valence-electron chi connectivity index (χ3n) is 5.76. The van der Waals surface area contributed by atoms with Gasteiger partial charge in [-0.05, 0) is 44.4 Å². The van der Waals surface area contributed by atoms with Crippen LogP contribution in [0.2, 0.25) is 0 Å². The molecule has 0 spiro atoms. The predicted molar refractivity (Wildman–Crippen MR) is 91.5 cm³/mol. The zero-order chi connectivity index (χ0) is 16.4. The van der Waals surface area contributed by atoms with Gasteiger partial charge in [0, 0.05) is 25.6 Å². The van der Waals surface area contributed by atoms with Crippen LogP contribution in [0.4, 0.5) is 4.79 Å². The standard InChI is InChI=1S/C18H29N5O/c24-18(19-12-17-21-20-16-8-4-5-11-22(16)17)23(13-14-9-10-14)15-6-2-1-3-7-15/h14-15H,1-13H2,(H,19,24). The molecular formula is C18H29N5O. The Kier molecular flexibility index (Phi) is 4.72. The zero-order valence-corrected chi connectivity index (χ0v) is 14.5. The number of rotatable bonds is 5. The molecule has 2 heterocycles. The fourth-order valence-corrected chi connectivity index (χ4v) is 4.12. The third-order valence-corrected chi connectivity index (χ3v) is 5.76. The minimum absolute atomic E-state index is 0.0990. The number of carbonyl (C=O) groups excluding carboxylic acids is 1. The maximum Gasteiger partial charge on any atom is 0.318 e. The van der Waals surface area contributed by atoms with Crippen LogP contribution in [0.25, 0.3) is 0 Å². The van der Waals surface area contributed by atoms with E-state index in [1.807, 2.05) is 0 Å². The van der Waals surface area contributed by atoms with Crippen molar-refractivity contribution in [2.24, 2.45) is 5.92 Å². The number of nitrogens with one attached hydrogen (secondary N) is 1. The van der Waals surface area contributed by atoms with Crippen molar-refractivity contribution in [2.45, 2.75) is 83.3 Å². The fourth-order valence-electron chi connectivity index (χ4n) is 4.12. The summed E-state index contributed by atoms with van der Waals surface area (Å²) in [6, 6.07) is 0.536. The molecule has 6 heteroatoms. The predicted octanol–water partition coefficient (Wildman–Crippen LogP) is 2.87. The van der Waals surface area contributed by atoms with Gasteiger partial charge >= 0.3 is 6.03 Å². The molecule has 0 saturated heterocycles. The van der Waals surface area contributed by atoms with Crippen molar-refractivity contribution in [2.75, 3.05) is 6.54 Å². The van der Waals surface area contributed by atoms with Gasteiger partial charge in [-0.1, -0.05) is 19.3 Å². The molecule has 0 radical (unpaired) electrons. The van der Waals surface area contributed by atoms with Gasteiger partial charge in [-0.25, -0.2) is 4.79 Å². The molecule has 0 atom stereocenters. The van der Waals surface area contributed by atoms with Crippen molar-refractivity contribution in [1.82, 2.24) is 25.0 Å². The van der Waals surface area contributed by atoms with Crippen molar-refractivity contribution in [3.8, 4) is 0 Å². The molecule has 1 aromatic rings. The summed E-state index contributed by atoms with van der Waals surface area (Å²) in [5, 5.41) is 11.7. The maximum atomic E-state index is 12.8. The highest BCUT2D eigenvalue weighted by Gasteiger charge is 2.32. The number of urea groups is 1. The Bertz CT molecular complexity index is 574. The van der Waals surface area contributed by atoms with Crippen LogP contribution in [-0.2, 0) is 19.5 Å². The normalized spacial score (nSPS) is 21.3. The van der Waals surface area contributed by atoms with Gasteiger partial charge in [0.1, 0.15) is 5.82 Å². The van der Waals surface area contributed by atoms with Gasteiger partial charge in [-0.3, -0.25) is 0 Å². The van der Waals surface area contributed by atoms with Gasteiger partial charge < -0.3 is 14.8 Å². The number of hydrogen-bond acceptors (Lipinski definition) is 3. The third kappa shape index (κ3) is 3.57. The minimum Gasteiger partial charge on any atom is -0.331 e. The summed E-state index contributed by atoms with van der Waals surface area (Å²) in [7, 11) is 0. The number of carbonyl (C=O) groups is 1. The van der Waals surface area contributed by atoms with E-state index in [0.29, 0.717) is 12.6 Å². The Balaban J connectivity index is 1.38. The van der Waals surface area contributed by atoms with E-state index in [9.17, 15) is 4.79 Å². The van der Waals surface area contributed by atoms with E-state index in [-0.39, 0.29) is 6.03 Å². The molecule has 2 amide bonds. The lowest BCUT2D eigenvalue weighted by Crippen LogP contribution is -2.47. The number of fused-ring (bicyclic) bond motifs is 1. The molecule has 1 aromatic heterocycles. The first kappa shape index (κ1) is 15.9. The summed E-state index contributed by atoms with van der Waals surface area (Å²) in [5.74, 6) is 2.72. The van der Waals surface area contributed by atoms with Crippen molar-refractivity contribution < 1.29 is 4.79 Å². The second-order valence-electron chi connectivity index (χ2n) is 7.69. The Hall–Kier alpha value is -1.59. The first-order valence-corrected chi connectivity index (χ1v) is 9.76. The summed E-state index contributed by atoms with van der Waals surface area (Å²) < 4.78 is 2.19. The van der Waals surface area contributed by atoms with Crippen LogP contribution in [0.3, 0.4) is 0 Å². The average Bonchev–Trinajstić information content (AvgIpc) is 3.36. The fraction of sp³-hybridized carbons (Fsp3) is 0.833. The molecule has 2 saturated carbocycles. The molecule has 0 bridgehead atoms. The average molecular weight is 331 g/mol. The van der Waals surface area contributed by atoms with Gasteiger partial charge in [0.05, 0.1) is 6.54 Å². The monoisotopic (exact) mass is 331 g/mol. The topological polar surface area (TPSA) is 63.1 Å². The van der Waals surface area contributed by atoms with E-state index in [1.165, 1.54) is 57.8 Å². The van der Waals surface area contributed by atoms with Gasteiger partial charge in [0.15, 0.2) is 5.82 Å². The molecule has 0 aromatic carbocycles. The van der Waals surface area contributed by atoms with Crippen LogP contribution in [0, 0.1) is 5.92 Å². The molecule has 1 N–H and O–H groups in total. The highest BCUT2D eigenvalue weighted by atomic mass is 16.2. The summed E-state index contributed by atoms with van der Waals surface area (Å²) in [6.45, 7) is 2.43. The molecule has 2 fully saturated rings. The molecule has 4 rings (SSSR count). The highest BCUT2D eigenvalue weighted by Crippen LogP contribution is 2.32. The van der Waals surface area contributed by atoms with Crippen LogP contribution >= 0.6 is 0 Å². The lowest BCUT2D eigenvalue weighted by Gasteiger charge is -2.34. The van der Waals surface area contributed by atoms with E-state index in [4.69, 9.17) is 0 Å². The minimum atomic E-state index is 0.0990. The summed E-state index contributed by atoms with van der Waals surface area (Å²) in [5.41, 5.74) is 0. The van der Waals surface area contributed by atoms with Crippen molar-refractivity contribution in [3.63, 3.8) is 0 Å². The van der Waals surface area contributed by atoms with Crippen LogP contribution in [-0.4, -0.2) is 38.3 Å². The van der Waals surface area contributed by atoms with Gasteiger partial charge in [0.25, 0.3) is 0 Å². The van der Waals surface area contributed by atoms with Crippen molar-refractivity contribution in [3.05, 3.63) is 11.6 Å². The maximum absolute atomic E-state index is 12.8. The number of amides is 2. The number of hydrogen-bond donors (Lipinski definition) is 1. The lowest BCUT2D eigenvalue weighted by atomic mass is 9.94. The van der Waals surface area contributed by atoms with E-state index < -0.39 is 0 Å². The lowest BCUT2D eigenvalue weighted by molar-refractivity contribution is 0.151. The molecular weight excluding hydrogens is 302 g/mol. The molecule has 24 heavy (non-hydrogen) atoms. The van der Waals surface area contributed by atoms with E-state index in [1.54, 1.807) is 0 Å². The largest absolute Gasteiger partial charge is 0.331 e. The molecule has 132 valence electrons. The molecule has 2 aliphatic carbocycles. The zero-order valence-electron chi connectivity index (χ0n) is 14.5. The first-order valence-electron chi connectivity index (χ1n) is 9.76. The summed E-state index contributed by atoms with van der Waals surface area (Å²) in [4.78, 5) is 15.0. The van der Waals surface area contributed by atoms with Crippen LogP contribution in [0.15, 0.2) is 0 Å². The quantitative estimate of drug-likeness (QED) is 0.902. The molecule has 6 nitrogen and oxygen atoms in total. The number of aryl methyl sites for hydroxylation is 1. The Morgan fingerprint density at radius 2 is 1.92 bits per heavy atom. The van der Waals surface area contributed by atoms with E-state index >= 15 is 0 Å². The number of nitrogens with zero attached hydrogens (tertiary/aromatic N) is 4. The first-order chi connectivity index (χ1) is 11.8.